The molecule has 0 aromatic rings. The third-order valence-corrected chi connectivity index (χ3v) is 2.46. The van der Waals surface area contributed by atoms with Crippen molar-refractivity contribution in [2.75, 3.05) is 33.4 Å². The molecule has 2 unspecified atom stereocenters. The summed E-state index contributed by atoms with van der Waals surface area (Å²) in [6.45, 7) is 1.49. The maximum Gasteiger partial charge on any atom is 0.317 e. The molecule has 0 aromatic carbocycles. The van der Waals surface area contributed by atoms with Crippen molar-refractivity contribution in [1.82, 2.24) is 10.2 Å². The highest BCUT2D eigenvalue weighted by Crippen LogP contribution is 2.11. The van der Waals surface area contributed by atoms with E-state index in [1.165, 1.54) is 4.90 Å². The van der Waals surface area contributed by atoms with E-state index >= 15 is 0 Å². The number of amides is 2. The standard InChI is InChI=1S/C9H18FN3O2/c1-15-5-3-12-9(14)13-4-2-8(11)7(10)6-13/h7-8H,2-6,11H2,1H3,(H,12,14). The monoisotopic (exact) mass is 219 g/mol. The number of hydrogen-bond donors (Lipinski definition) is 2. The molecule has 6 heteroatoms. The molecule has 0 aliphatic carbocycles. The van der Waals surface area contributed by atoms with Crippen molar-refractivity contribution in [1.29, 1.82) is 0 Å². The van der Waals surface area contributed by atoms with E-state index in [4.69, 9.17) is 10.5 Å². The van der Waals surface area contributed by atoms with Crippen LogP contribution in [0.15, 0.2) is 0 Å². The number of methoxy groups -OCH3 is 1. The Bertz CT molecular complexity index is 216. The third kappa shape index (κ3) is 3.64. The molecule has 0 saturated carbocycles. The van der Waals surface area contributed by atoms with Crippen LogP contribution in [0.4, 0.5) is 9.18 Å². The lowest BCUT2D eigenvalue weighted by Gasteiger charge is -2.32. The first kappa shape index (κ1) is 12.2. The summed E-state index contributed by atoms with van der Waals surface area (Å²) in [5, 5.41) is 2.64. The lowest BCUT2D eigenvalue weighted by Crippen LogP contribution is -2.53. The predicted molar refractivity (Wildman–Crippen MR) is 54.3 cm³/mol. The van der Waals surface area contributed by atoms with Crippen molar-refractivity contribution in [3.05, 3.63) is 0 Å². The minimum Gasteiger partial charge on any atom is -0.383 e. The van der Waals surface area contributed by atoms with Crippen LogP contribution in [0.5, 0.6) is 0 Å². The summed E-state index contributed by atoms with van der Waals surface area (Å²) in [6.07, 6.45) is -0.606. The fraction of sp³-hybridized carbons (Fsp3) is 0.889. The molecule has 1 aliphatic rings. The van der Waals surface area contributed by atoms with Gasteiger partial charge in [-0.15, -0.1) is 0 Å². The molecule has 5 nitrogen and oxygen atoms in total. The average molecular weight is 219 g/mol. The summed E-state index contributed by atoms with van der Waals surface area (Å²) in [4.78, 5) is 12.9. The molecule has 1 rings (SSSR count). The Balaban J connectivity index is 2.28. The van der Waals surface area contributed by atoms with Crippen LogP contribution < -0.4 is 11.1 Å². The fourth-order valence-corrected chi connectivity index (χ4v) is 1.48. The minimum absolute atomic E-state index is 0.0833. The van der Waals surface area contributed by atoms with Gasteiger partial charge in [-0.05, 0) is 6.42 Å². The Kier molecular flexibility index (Phi) is 4.77. The number of carbonyl (C=O) groups is 1. The Hall–Kier alpha value is -0.880. The number of urea groups is 1. The quantitative estimate of drug-likeness (QED) is 0.641. The van der Waals surface area contributed by atoms with Crippen LogP contribution in [0.25, 0.3) is 0 Å². The lowest BCUT2D eigenvalue weighted by atomic mass is 10.0. The average Bonchev–Trinajstić information content (AvgIpc) is 2.22. The number of nitrogens with one attached hydrogen (secondary N) is 1. The van der Waals surface area contributed by atoms with Gasteiger partial charge in [0.05, 0.1) is 13.2 Å². The zero-order chi connectivity index (χ0) is 11.3. The number of alkyl halides is 1. The number of nitrogens with zero attached hydrogens (tertiary/aromatic N) is 1. The molecule has 3 N–H and O–H groups in total. The van der Waals surface area contributed by atoms with Crippen molar-refractivity contribution in [2.45, 2.75) is 18.6 Å². The Morgan fingerprint density at radius 2 is 2.47 bits per heavy atom. The Labute approximate surface area is 88.7 Å². The van der Waals surface area contributed by atoms with Crippen LogP contribution in [-0.4, -0.2) is 56.5 Å². The Morgan fingerprint density at radius 3 is 3.07 bits per heavy atom. The second-order valence-electron chi connectivity index (χ2n) is 3.64. The molecule has 15 heavy (non-hydrogen) atoms. The van der Waals surface area contributed by atoms with E-state index < -0.39 is 12.2 Å². The smallest absolute Gasteiger partial charge is 0.317 e. The number of nitrogens with two attached hydrogens (primary N) is 1. The van der Waals surface area contributed by atoms with Crippen LogP contribution in [-0.2, 0) is 4.74 Å². The van der Waals surface area contributed by atoms with Crippen molar-refractivity contribution in [3.63, 3.8) is 0 Å². The highest BCUT2D eigenvalue weighted by atomic mass is 19.1. The van der Waals surface area contributed by atoms with Crippen LogP contribution in [0.1, 0.15) is 6.42 Å². The topological polar surface area (TPSA) is 67.6 Å². The number of likely N-dealkylation sites (tertiary alicyclic amines) is 1. The van der Waals surface area contributed by atoms with E-state index in [1.54, 1.807) is 7.11 Å². The normalized spacial score (nSPS) is 26.5. The van der Waals surface area contributed by atoms with E-state index in [9.17, 15) is 9.18 Å². The maximum absolute atomic E-state index is 13.2. The molecule has 2 amide bonds. The van der Waals surface area contributed by atoms with E-state index in [0.717, 1.165) is 0 Å². The van der Waals surface area contributed by atoms with Gasteiger partial charge in [0, 0.05) is 26.2 Å². The fourth-order valence-electron chi connectivity index (χ4n) is 1.48. The van der Waals surface area contributed by atoms with Gasteiger partial charge in [0.25, 0.3) is 0 Å². The molecule has 0 radical (unpaired) electrons. The van der Waals surface area contributed by atoms with Gasteiger partial charge in [-0.25, -0.2) is 9.18 Å². The van der Waals surface area contributed by atoms with Crippen LogP contribution in [0.2, 0.25) is 0 Å². The second kappa shape index (κ2) is 5.87. The summed E-state index contributed by atoms with van der Waals surface area (Å²) in [6, 6.07) is -0.686. The summed E-state index contributed by atoms with van der Waals surface area (Å²) < 4.78 is 18.0. The summed E-state index contributed by atoms with van der Waals surface area (Å²) >= 11 is 0. The minimum atomic E-state index is -1.12. The molecule has 0 bridgehead atoms. The van der Waals surface area contributed by atoms with Gasteiger partial charge >= 0.3 is 6.03 Å². The van der Waals surface area contributed by atoms with Crippen LogP contribution in [0.3, 0.4) is 0 Å². The lowest BCUT2D eigenvalue weighted by molar-refractivity contribution is 0.127. The van der Waals surface area contributed by atoms with Gasteiger partial charge in [-0.1, -0.05) is 0 Å². The van der Waals surface area contributed by atoms with Gasteiger partial charge in [-0.2, -0.15) is 0 Å². The first-order chi connectivity index (χ1) is 7.15. The van der Waals surface area contributed by atoms with Crippen molar-refractivity contribution in [3.8, 4) is 0 Å². The molecule has 88 valence electrons. The molecule has 1 aliphatic heterocycles. The molecule has 2 atom stereocenters. The number of hydrogen-bond acceptors (Lipinski definition) is 3. The zero-order valence-corrected chi connectivity index (χ0v) is 8.91. The number of ether oxygens (including phenoxy) is 1. The summed E-state index contributed by atoms with van der Waals surface area (Å²) in [5.74, 6) is 0. The molecule has 1 fully saturated rings. The van der Waals surface area contributed by atoms with E-state index in [2.05, 4.69) is 5.32 Å². The molecule has 0 aromatic heterocycles. The predicted octanol–water partition coefficient (Wildman–Crippen LogP) is -0.286. The van der Waals surface area contributed by atoms with E-state index in [0.29, 0.717) is 26.1 Å². The Morgan fingerprint density at radius 1 is 1.73 bits per heavy atom. The van der Waals surface area contributed by atoms with Crippen molar-refractivity contribution < 1.29 is 13.9 Å². The molecule has 0 spiro atoms. The van der Waals surface area contributed by atoms with Crippen LogP contribution >= 0.6 is 0 Å². The summed E-state index contributed by atoms with van der Waals surface area (Å²) in [5.41, 5.74) is 5.51. The van der Waals surface area contributed by atoms with Gasteiger partial charge < -0.3 is 20.7 Å². The SMILES string of the molecule is COCCNC(=O)N1CCC(N)C(F)C1. The zero-order valence-electron chi connectivity index (χ0n) is 8.91. The molecular formula is C9H18FN3O2. The molecule has 1 heterocycles. The van der Waals surface area contributed by atoms with Gasteiger partial charge in [0.2, 0.25) is 0 Å². The number of rotatable bonds is 3. The number of carbonyl (C=O) groups excluding carboxylic acids is 1. The van der Waals surface area contributed by atoms with E-state index in [1.807, 2.05) is 0 Å². The van der Waals surface area contributed by atoms with Gasteiger partial charge in [0.15, 0.2) is 0 Å². The van der Waals surface area contributed by atoms with Gasteiger partial charge in [-0.3, -0.25) is 0 Å². The highest BCUT2D eigenvalue weighted by molar-refractivity contribution is 5.74. The third-order valence-electron chi connectivity index (χ3n) is 2.46. The first-order valence-corrected chi connectivity index (χ1v) is 5.06. The second-order valence-corrected chi connectivity index (χ2v) is 3.64. The van der Waals surface area contributed by atoms with Crippen molar-refractivity contribution in [2.24, 2.45) is 5.73 Å². The molecule has 1 saturated heterocycles. The highest BCUT2D eigenvalue weighted by Gasteiger charge is 2.28. The van der Waals surface area contributed by atoms with Crippen molar-refractivity contribution >= 4 is 6.03 Å². The maximum atomic E-state index is 13.2. The summed E-state index contributed by atoms with van der Waals surface area (Å²) in [7, 11) is 1.56. The van der Waals surface area contributed by atoms with Crippen LogP contribution in [0, 0.1) is 0 Å². The first-order valence-electron chi connectivity index (χ1n) is 5.06. The molecular weight excluding hydrogens is 201 g/mol. The van der Waals surface area contributed by atoms with E-state index in [-0.39, 0.29) is 12.6 Å². The number of piperidine rings is 1. The van der Waals surface area contributed by atoms with Gasteiger partial charge in [0.1, 0.15) is 6.17 Å². The largest absolute Gasteiger partial charge is 0.383 e. The number of halogens is 1.